The Hall–Kier alpha value is -2.51. The van der Waals surface area contributed by atoms with E-state index in [1.807, 2.05) is 0 Å². The number of amides is 2. The van der Waals surface area contributed by atoms with E-state index in [0.29, 0.717) is 44.3 Å². The lowest BCUT2D eigenvalue weighted by Crippen LogP contribution is -2.40. The predicted molar refractivity (Wildman–Crippen MR) is 111 cm³/mol. The monoisotopic (exact) mass is 438 g/mol. The molecule has 0 aromatic heterocycles. The van der Waals surface area contributed by atoms with Gasteiger partial charge in [0.2, 0.25) is 5.91 Å². The highest BCUT2D eigenvalue weighted by molar-refractivity contribution is 5.81. The number of hydrogen-bond acceptors (Lipinski definition) is 3. The van der Waals surface area contributed by atoms with Gasteiger partial charge < -0.3 is 15.0 Å². The maximum atomic E-state index is 13.3. The number of nitrogens with zero attached hydrogens (tertiary/aromatic N) is 1. The van der Waals surface area contributed by atoms with Crippen LogP contribution in [0.2, 0.25) is 0 Å². The van der Waals surface area contributed by atoms with Gasteiger partial charge in [-0.15, -0.1) is 0 Å². The summed E-state index contributed by atoms with van der Waals surface area (Å²) in [4.78, 5) is 26.5. The van der Waals surface area contributed by atoms with E-state index in [-0.39, 0.29) is 23.4 Å². The van der Waals surface area contributed by atoms with Gasteiger partial charge in [-0.25, -0.2) is 4.79 Å². The van der Waals surface area contributed by atoms with E-state index in [2.05, 4.69) is 5.32 Å². The van der Waals surface area contributed by atoms with Gasteiger partial charge in [-0.2, -0.15) is 13.2 Å². The fourth-order valence-corrected chi connectivity index (χ4v) is 4.19. The molecule has 0 radical (unpaired) electrons. The van der Waals surface area contributed by atoms with Crippen molar-refractivity contribution in [1.82, 2.24) is 10.2 Å². The Morgan fingerprint density at radius 3 is 2.45 bits per heavy atom. The molecule has 170 valence electrons. The molecule has 1 N–H and O–H groups in total. The molecule has 2 amide bonds. The SMILES string of the molecule is CC(C)(C)OC(=O)NC1CCC(C(=O)N2CC=C(c3ccccc3C(F)(F)F)CC2)C1. The van der Waals surface area contributed by atoms with E-state index in [9.17, 15) is 22.8 Å². The van der Waals surface area contributed by atoms with Crippen LogP contribution in [0.15, 0.2) is 30.3 Å². The Bertz CT molecular complexity index is 858. The second kappa shape index (κ2) is 8.93. The van der Waals surface area contributed by atoms with E-state index >= 15 is 0 Å². The summed E-state index contributed by atoms with van der Waals surface area (Å²) in [7, 11) is 0. The van der Waals surface area contributed by atoms with E-state index < -0.39 is 23.4 Å². The van der Waals surface area contributed by atoms with Crippen molar-refractivity contribution in [3.8, 4) is 0 Å². The van der Waals surface area contributed by atoms with Gasteiger partial charge in [0.15, 0.2) is 0 Å². The number of hydrogen-bond donors (Lipinski definition) is 1. The molecule has 8 heteroatoms. The Kier molecular flexibility index (Phi) is 6.67. The third kappa shape index (κ3) is 6.02. The standard InChI is InChI=1S/C23H29F3N2O3/c1-22(2,3)31-21(30)27-17-9-8-16(14-17)20(29)28-12-10-15(11-13-28)18-6-4-5-7-19(18)23(24,25)26/h4-7,10,16-17H,8-9,11-14H2,1-3H3,(H,27,30). The van der Waals surface area contributed by atoms with Crippen molar-refractivity contribution in [2.45, 2.75) is 64.3 Å². The van der Waals surface area contributed by atoms with Crippen LogP contribution in [0.5, 0.6) is 0 Å². The maximum Gasteiger partial charge on any atom is 0.416 e. The Morgan fingerprint density at radius 2 is 1.84 bits per heavy atom. The van der Waals surface area contributed by atoms with E-state index in [0.717, 1.165) is 6.07 Å². The molecule has 1 aromatic carbocycles. The molecule has 2 aliphatic rings. The fourth-order valence-electron chi connectivity index (χ4n) is 4.19. The van der Waals surface area contributed by atoms with Crippen molar-refractivity contribution in [3.05, 3.63) is 41.5 Å². The van der Waals surface area contributed by atoms with E-state index in [4.69, 9.17) is 4.74 Å². The number of nitrogens with one attached hydrogen (secondary N) is 1. The van der Waals surface area contributed by atoms with Gasteiger partial charge in [-0.1, -0.05) is 24.3 Å². The van der Waals surface area contributed by atoms with Gasteiger partial charge in [0.05, 0.1) is 5.56 Å². The van der Waals surface area contributed by atoms with Gasteiger partial charge in [0.25, 0.3) is 0 Å². The molecule has 0 saturated heterocycles. The summed E-state index contributed by atoms with van der Waals surface area (Å²) < 4.78 is 45.2. The largest absolute Gasteiger partial charge is 0.444 e. The molecule has 1 aliphatic heterocycles. The van der Waals surface area contributed by atoms with Crippen molar-refractivity contribution in [2.75, 3.05) is 13.1 Å². The molecule has 1 saturated carbocycles. The summed E-state index contributed by atoms with van der Waals surface area (Å²) in [5, 5.41) is 2.82. The molecular weight excluding hydrogens is 409 g/mol. The van der Waals surface area contributed by atoms with Crippen molar-refractivity contribution >= 4 is 17.6 Å². The normalized spacial score (nSPS) is 22.1. The van der Waals surface area contributed by atoms with Crippen LogP contribution >= 0.6 is 0 Å². The lowest BCUT2D eigenvalue weighted by atomic mass is 9.94. The van der Waals surface area contributed by atoms with Crippen molar-refractivity contribution in [3.63, 3.8) is 0 Å². The summed E-state index contributed by atoms with van der Waals surface area (Å²) in [5.74, 6) is -0.203. The molecular formula is C23H29F3N2O3. The Balaban J connectivity index is 1.58. The minimum Gasteiger partial charge on any atom is -0.444 e. The minimum absolute atomic E-state index is 0.00658. The number of alkyl halides is 3. The van der Waals surface area contributed by atoms with Crippen LogP contribution in [0, 0.1) is 5.92 Å². The van der Waals surface area contributed by atoms with Crippen molar-refractivity contribution in [2.24, 2.45) is 5.92 Å². The van der Waals surface area contributed by atoms with Crippen LogP contribution in [0.1, 0.15) is 57.6 Å². The van der Waals surface area contributed by atoms with Gasteiger partial charge in [0, 0.05) is 25.0 Å². The lowest BCUT2D eigenvalue weighted by molar-refractivity contribution is -0.138. The topological polar surface area (TPSA) is 58.6 Å². The first kappa shape index (κ1) is 23.2. The smallest absolute Gasteiger partial charge is 0.416 e. The zero-order valence-corrected chi connectivity index (χ0v) is 18.1. The highest BCUT2D eigenvalue weighted by Crippen LogP contribution is 2.37. The van der Waals surface area contributed by atoms with Crippen molar-refractivity contribution < 1.29 is 27.5 Å². The second-order valence-corrected chi connectivity index (χ2v) is 9.16. The number of benzene rings is 1. The molecule has 1 fully saturated rings. The molecule has 2 atom stereocenters. The lowest BCUT2D eigenvalue weighted by Gasteiger charge is -2.29. The van der Waals surface area contributed by atoms with Gasteiger partial charge >= 0.3 is 12.3 Å². The van der Waals surface area contributed by atoms with Crippen LogP contribution in [0.25, 0.3) is 5.57 Å². The highest BCUT2D eigenvalue weighted by Gasteiger charge is 2.36. The summed E-state index contributed by atoms with van der Waals surface area (Å²) in [6.07, 6.45) is -0.888. The van der Waals surface area contributed by atoms with Crippen LogP contribution in [-0.2, 0) is 15.7 Å². The Morgan fingerprint density at radius 1 is 1.13 bits per heavy atom. The van der Waals surface area contributed by atoms with Crippen LogP contribution < -0.4 is 5.32 Å². The zero-order valence-electron chi connectivity index (χ0n) is 18.1. The summed E-state index contributed by atoms with van der Waals surface area (Å²) >= 11 is 0. The first-order valence-corrected chi connectivity index (χ1v) is 10.6. The van der Waals surface area contributed by atoms with Gasteiger partial charge in [-0.05, 0) is 63.7 Å². The van der Waals surface area contributed by atoms with Gasteiger partial charge in [-0.3, -0.25) is 4.79 Å². The molecule has 3 rings (SSSR count). The molecule has 1 aromatic rings. The number of ether oxygens (including phenoxy) is 1. The quantitative estimate of drug-likeness (QED) is 0.721. The molecule has 0 spiro atoms. The summed E-state index contributed by atoms with van der Waals surface area (Å²) in [6, 6.07) is 5.44. The predicted octanol–water partition coefficient (Wildman–Crippen LogP) is 5.01. The average Bonchev–Trinajstić information content (AvgIpc) is 3.13. The zero-order chi connectivity index (χ0) is 22.8. The molecule has 31 heavy (non-hydrogen) atoms. The number of rotatable bonds is 3. The summed E-state index contributed by atoms with van der Waals surface area (Å²) in [5.41, 5.74) is -0.425. The van der Waals surface area contributed by atoms with Crippen LogP contribution in [0.4, 0.5) is 18.0 Å². The molecule has 2 unspecified atom stereocenters. The third-order valence-electron chi connectivity index (χ3n) is 5.60. The number of carbonyl (C=O) groups is 2. The molecule has 1 heterocycles. The van der Waals surface area contributed by atoms with E-state index in [1.165, 1.54) is 12.1 Å². The first-order valence-electron chi connectivity index (χ1n) is 10.6. The molecule has 0 bridgehead atoms. The molecule has 5 nitrogen and oxygen atoms in total. The van der Waals surface area contributed by atoms with Crippen LogP contribution in [0.3, 0.4) is 0 Å². The minimum atomic E-state index is -4.41. The number of halogens is 3. The average molecular weight is 438 g/mol. The fraction of sp³-hybridized carbons (Fsp3) is 0.565. The van der Waals surface area contributed by atoms with E-state index in [1.54, 1.807) is 37.8 Å². The van der Waals surface area contributed by atoms with Crippen LogP contribution in [-0.4, -0.2) is 41.6 Å². The first-order chi connectivity index (χ1) is 14.4. The second-order valence-electron chi connectivity index (χ2n) is 9.16. The summed E-state index contributed by atoms with van der Waals surface area (Å²) in [6.45, 7) is 6.05. The highest BCUT2D eigenvalue weighted by atomic mass is 19.4. The number of carbonyl (C=O) groups excluding carboxylic acids is 2. The third-order valence-corrected chi connectivity index (χ3v) is 5.60. The Labute approximate surface area is 180 Å². The maximum absolute atomic E-state index is 13.3. The molecule has 1 aliphatic carbocycles. The number of alkyl carbamates (subject to hydrolysis) is 1. The van der Waals surface area contributed by atoms with Gasteiger partial charge in [0.1, 0.15) is 5.60 Å². The van der Waals surface area contributed by atoms with Crippen molar-refractivity contribution in [1.29, 1.82) is 0 Å².